The molecule has 0 aliphatic rings. The van der Waals surface area contributed by atoms with Gasteiger partial charge in [0, 0.05) is 44.7 Å². The van der Waals surface area contributed by atoms with Crippen LogP contribution in [0, 0.1) is 0 Å². The Morgan fingerprint density at radius 2 is 1.72 bits per heavy atom. The third-order valence-corrected chi connectivity index (χ3v) is 5.30. The molecule has 7 heteroatoms. The van der Waals surface area contributed by atoms with Crippen molar-refractivity contribution >= 4 is 11.8 Å². The van der Waals surface area contributed by atoms with Gasteiger partial charge in [-0.05, 0) is 49.2 Å². The van der Waals surface area contributed by atoms with Gasteiger partial charge in [0.05, 0.1) is 19.8 Å². The van der Waals surface area contributed by atoms with Crippen molar-refractivity contribution in [2.24, 2.45) is 7.05 Å². The minimum absolute atomic E-state index is 0.0373. The van der Waals surface area contributed by atoms with Crippen LogP contribution in [0.2, 0.25) is 0 Å². The van der Waals surface area contributed by atoms with Crippen molar-refractivity contribution in [3.05, 3.63) is 53.9 Å². The molecule has 2 rings (SSSR count). The first kappa shape index (κ1) is 25.5. The molecule has 0 atom stereocenters. The van der Waals surface area contributed by atoms with Gasteiger partial charge in [-0.25, -0.2) is 0 Å². The summed E-state index contributed by atoms with van der Waals surface area (Å²) in [6, 6.07) is 11.1. The Balaban J connectivity index is 2.07. The number of hydrogen-bond acceptors (Lipinski definition) is 4. The van der Waals surface area contributed by atoms with Crippen LogP contribution in [-0.2, 0) is 23.1 Å². The van der Waals surface area contributed by atoms with Crippen molar-refractivity contribution in [3.63, 3.8) is 0 Å². The van der Waals surface area contributed by atoms with Crippen LogP contribution in [0.5, 0.6) is 5.75 Å². The van der Waals surface area contributed by atoms with Crippen LogP contribution in [-0.4, -0.2) is 66.1 Å². The van der Waals surface area contributed by atoms with Gasteiger partial charge in [-0.15, -0.1) is 0 Å². The van der Waals surface area contributed by atoms with E-state index in [1.165, 1.54) is 0 Å². The molecule has 0 aliphatic heterocycles. The molecule has 1 aromatic carbocycles. The average Bonchev–Trinajstić information content (AvgIpc) is 3.20. The lowest BCUT2D eigenvalue weighted by Gasteiger charge is -2.27. The highest BCUT2D eigenvalue weighted by Crippen LogP contribution is 2.15. The van der Waals surface area contributed by atoms with E-state index >= 15 is 0 Å². The molecule has 1 heterocycles. The molecule has 0 aliphatic carbocycles. The van der Waals surface area contributed by atoms with E-state index in [2.05, 4.69) is 6.92 Å². The molecular formula is C25H37N3O4. The van der Waals surface area contributed by atoms with Crippen LogP contribution in [0.25, 0.3) is 0 Å². The molecule has 0 unspecified atom stereocenters. The number of hydrogen-bond donors (Lipinski definition) is 0. The van der Waals surface area contributed by atoms with E-state index in [1.807, 2.05) is 49.0 Å². The molecule has 7 nitrogen and oxygen atoms in total. The molecule has 0 saturated carbocycles. The molecule has 0 bridgehead atoms. The van der Waals surface area contributed by atoms with Gasteiger partial charge < -0.3 is 23.8 Å². The van der Waals surface area contributed by atoms with E-state index < -0.39 is 0 Å². The van der Waals surface area contributed by atoms with Crippen LogP contribution >= 0.6 is 0 Å². The molecule has 2 aromatic rings. The predicted molar refractivity (Wildman–Crippen MR) is 126 cm³/mol. The first-order valence-corrected chi connectivity index (χ1v) is 11.4. The van der Waals surface area contributed by atoms with Crippen molar-refractivity contribution in [1.82, 2.24) is 14.4 Å². The highest BCUT2D eigenvalue weighted by atomic mass is 16.5. The fraction of sp³-hybridized carbons (Fsp3) is 0.520. The van der Waals surface area contributed by atoms with E-state index in [1.54, 1.807) is 29.0 Å². The van der Waals surface area contributed by atoms with Gasteiger partial charge in [-0.1, -0.05) is 20.3 Å². The number of nitrogens with zero attached hydrogens (tertiary/aromatic N) is 3. The first-order valence-electron chi connectivity index (χ1n) is 11.4. The largest absolute Gasteiger partial charge is 0.494 e. The van der Waals surface area contributed by atoms with Crippen molar-refractivity contribution in [2.45, 2.75) is 39.7 Å². The Bertz CT molecular complexity index is 832. The van der Waals surface area contributed by atoms with E-state index in [0.29, 0.717) is 38.4 Å². The van der Waals surface area contributed by atoms with Gasteiger partial charge in [0.15, 0.2) is 0 Å². The fourth-order valence-electron chi connectivity index (χ4n) is 3.35. The second-order valence-electron chi connectivity index (χ2n) is 7.87. The zero-order chi connectivity index (χ0) is 23.3. The molecular weight excluding hydrogens is 406 g/mol. The minimum Gasteiger partial charge on any atom is -0.494 e. The minimum atomic E-state index is -0.147. The maximum absolute atomic E-state index is 13.2. The number of aromatic nitrogens is 1. The zero-order valence-electron chi connectivity index (χ0n) is 19.9. The molecule has 0 spiro atoms. The Morgan fingerprint density at radius 3 is 2.31 bits per heavy atom. The molecule has 0 N–H and O–H groups in total. The summed E-state index contributed by atoms with van der Waals surface area (Å²) < 4.78 is 12.9. The monoisotopic (exact) mass is 443 g/mol. The van der Waals surface area contributed by atoms with Crippen LogP contribution in [0.1, 0.15) is 49.2 Å². The lowest BCUT2D eigenvalue weighted by atomic mass is 10.2. The lowest BCUT2D eigenvalue weighted by molar-refractivity contribution is -0.133. The lowest BCUT2D eigenvalue weighted by Crippen LogP contribution is -2.44. The molecule has 1 aromatic heterocycles. The highest BCUT2D eigenvalue weighted by Gasteiger charge is 2.22. The number of aryl methyl sites for hydroxylation is 1. The number of methoxy groups -OCH3 is 1. The summed E-state index contributed by atoms with van der Waals surface area (Å²) in [5.74, 6) is 0.511. The number of carbonyl (C=O) groups is 2. The zero-order valence-corrected chi connectivity index (χ0v) is 19.9. The van der Waals surface area contributed by atoms with Crippen molar-refractivity contribution < 1.29 is 19.1 Å². The highest BCUT2D eigenvalue weighted by molar-refractivity contribution is 5.96. The summed E-state index contributed by atoms with van der Waals surface area (Å²) in [6.45, 7) is 6.72. The number of rotatable bonds is 14. The Labute approximate surface area is 191 Å². The Morgan fingerprint density at radius 1 is 0.969 bits per heavy atom. The van der Waals surface area contributed by atoms with Gasteiger partial charge in [-0.2, -0.15) is 0 Å². The maximum Gasteiger partial charge on any atom is 0.254 e. The van der Waals surface area contributed by atoms with Crippen LogP contribution < -0.4 is 4.74 Å². The SMILES string of the molecule is CCCCOc1ccc(C(=O)N(CCC)CC(=O)N(CCOC)Cc2cccn2C)cc1. The van der Waals surface area contributed by atoms with E-state index in [4.69, 9.17) is 9.47 Å². The van der Waals surface area contributed by atoms with Gasteiger partial charge in [0.25, 0.3) is 5.91 Å². The van der Waals surface area contributed by atoms with Crippen LogP contribution in [0.15, 0.2) is 42.6 Å². The molecule has 0 fully saturated rings. The number of carbonyl (C=O) groups excluding carboxylic acids is 2. The summed E-state index contributed by atoms with van der Waals surface area (Å²) in [6.07, 6.45) is 4.79. The van der Waals surface area contributed by atoms with Gasteiger partial charge >= 0.3 is 0 Å². The predicted octanol–water partition coefficient (Wildman–Crippen LogP) is 3.73. The van der Waals surface area contributed by atoms with E-state index in [0.717, 1.165) is 30.7 Å². The van der Waals surface area contributed by atoms with Crippen molar-refractivity contribution in [3.8, 4) is 5.75 Å². The van der Waals surface area contributed by atoms with Crippen molar-refractivity contribution in [2.75, 3.05) is 40.0 Å². The van der Waals surface area contributed by atoms with E-state index in [-0.39, 0.29) is 18.4 Å². The quantitative estimate of drug-likeness (QED) is 0.418. The summed E-state index contributed by atoms with van der Waals surface area (Å²) in [4.78, 5) is 29.7. The van der Waals surface area contributed by atoms with E-state index in [9.17, 15) is 9.59 Å². The number of unbranched alkanes of at least 4 members (excludes halogenated alkanes) is 1. The first-order chi connectivity index (χ1) is 15.5. The summed E-state index contributed by atoms with van der Waals surface area (Å²) in [5, 5.41) is 0. The summed E-state index contributed by atoms with van der Waals surface area (Å²) in [5.41, 5.74) is 1.58. The van der Waals surface area contributed by atoms with Gasteiger partial charge in [0.1, 0.15) is 12.3 Å². The topological polar surface area (TPSA) is 64.0 Å². The normalized spacial score (nSPS) is 10.8. The second-order valence-corrected chi connectivity index (χ2v) is 7.87. The summed E-state index contributed by atoms with van der Waals surface area (Å²) in [7, 11) is 3.57. The second kappa shape index (κ2) is 13.6. The molecule has 0 saturated heterocycles. The number of ether oxygens (including phenoxy) is 2. The van der Waals surface area contributed by atoms with Gasteiger partial charge in [0.2, 0.25) is 5.91 Å². The smallest absolute Gasteiger partial charge is 0.254 e. The number of benzene rings is 1. The molecule has 2 amide bonds. The average molecular weight is 444 g/mol. The Hall–Kier alpha value is -2.80. The third-order valence-electron chi connectivity index (χ3n) is 5.30. The fourth-order valence-corrected chi connectivity index (χ4v) is 3.35. The molecule has 32 heavy (non-hydrogen) atoms. The number of amides is 2. The maximum atomic E-state index is 13.2. The van der Waals surface area contributed by atoms with Crippen molar-refractivity contribution in [1.29, 1.82) is 0 Å². The summed E-state index contributed by atoms with van der Waals surface area (Å²) >= 11 is 0. The molecule has 176 valence electrons. The Kier molecular flexibility index (Phi) is 10.8. The van der Waals surface area contributed by atoms with Gasteiger partial charge in [-0.3, -0.25) is 9.59 Å². The standard InChI is InChI=1S/C25H37N3O4/c1-5-7-17-32-23-12-10-21(11-13-23)25(30)28(14-6-2)20-24(29)27(16-18-31-4)19-22-9-8-15-26(22)3/h8-13,15H,5-7,14,16-20H2,1-4H3. The third kappa shape index (κ3) is 7.71. The molecule has 0 radical (unpaired) electrons. The van der Waals surface area contributed by atoms with Crippen LogP contribution in [0.4, 0.5) is 0 Å². The van der Waals surface area contributed by atoms with Crippen LogP contribution in [0.3, 0.4) is 0 Å².